The summed E-state index contributed by atoms with van der Waals surface area (Å²) in [6.45, 7) is 5.56. The number of hydrogen-bond donors (Lipinski definition) is 1. The predicted octanol–water partition coefficient (Wildman–Crippen LogP) is 4.28. The van der Waals surface area contributed by atoms with Crippen LogP contribution >= 0.6 is 0 Å². The molecule has 3 amide bonds. The molecule has 0 radical (unpaired) electrons. The predicted molar refractivity (Wildman–Crippen MR) is 153 cm³/mol. The Bertz CT molecular complexity index is 1400. The van der Waals surface area contributed by atoms with Gasteiger partial charge in [0.25, 0.3) is 11.7 Å². The lowest BCUT2D eigenvalue weighted by atomic mass is 9.99. The number of para-hydroxylation sites is 1. The maximum atomic E-state index is 13.9. The Morgan fingerprint density at radius 3 is 2.18 bits per heavy atom. The number of carbonyl (C=O) groups is 4. The number of aryl methyl sites for hydroxylation is 1. The third kappa shape index (κ3) is 5.85. The zero-order chi connectivity index (χ0) is 28.3. The molecule has 0 aliphatic carbocycles. The molecule has 0 saturated heterocycles. The molecule has 0 bridgehead atoms. The SMILES string of the molecule is Cc1ccccc1CN(C(=O)CN1C(=O)C(=O)c2ccccc21)[C@H](C(=O)Nc1ccc(N(C)C)cc1)C(C)C. The number of nitrogens with one attached hydrogen (secondary N) is 1. The first-order valence-electron chi connectivity index (χ1n) is 13.0. The van der Waals surface area contributed by atoms with Crippen molar-refractivity contribution in [2.24, 2.45) is 5.92 Å². The van der Waals surface area contributed by atoms with Crippen molar-refractivity contribution < 1.29 is 19.2 Å². The molecule has 1 aliphatic rings. The van der Waals surface area contributed by atoms with Crippen LogP contribution in [0.4, 0.5) is 17.1 Å². The molecule has 0 saturated carbocycles. The Hall–Kier alpha value is -4.46. The quantitative estimate of drug-likeness (QED) is 0.421. The van der Waals surface area contributed by atoms with Gasteiger partial charge in [0.1, 0.15) is 12.6 Å². The van der Waals surface area contributed by atoms with Gasteiger partial charge in [-0.2, -0.15) is 0 Å². The molecule has 39 heavy (non-hydrogen) atoms. The Morgan fingerprint density at radius 1 is 0.897 bits per heavy atom. The summed E-state index contributed by atoms with van der Waals surface area (Å²) < 4.78 is 0. The van der Waals surface area contributed by atoms with E-state index in [1.807, 2.05) is 88.3 Å². The van der Waals surface area contributed by atoms with Gasteiger partial charge in [-0.25, -0.2) is 0 Å². The summed E-state index contributed by atoms with van der Waals surface area (Å²) >= 11 is 0. The molecule has 1 heterocycles. The van der Waals surface area contributed by atoms with Crippen molar-refractivity contribution >= 4 is 40.6 Å². The molecule has 1 N–H and O–H groups in total. The Kier molecular flexibility index (Phi) is 8.14. The molecule has 0 fully saturated rings. The van der Waals surface area contributed by atoms with E-state index < -0.39 is 23.6 Å². The Morgan fingerprint density at radius 2 is 1.54 bits per heavy atom. The van der Waals surface area contributed by atoms with Crippen molar-refractivity contribution in [2.75, 3.05) is 35.8 Å². The summed E-state index contributed by atoms with van der Waals surface area (Å²) in [6, 6.07) is 21.0. The number of ketones is 1. The minimum atomic E-state index is -0.825. The third-order valence-corrected chi connectivity index (χ3v) is 6.98. The second-order valence-electron chi connectivity index (χ2n) is 10.3. The van der Waals surface area contributed by atoms with Crippen LogP contribution in [-0.4, -0.2) is 55.1 Å². The number of benzene rings is 3. The number of amides is 3. The van der Waals surface area contributed by atoms with Crippen LogP contribution in [0.15, 0.2) is 72.8 Å². The topological polar surface area (TPSA) is 90.0 Å². The number of fused-ring (bicyclic) bond motifs is 1. The van der Waals surface area contributed by atoms with E-state index in [2.05, 4.69) is 5.32 Å². The first-order valence-corrected chi connectivity index (χ1v) is 13.0. The third-order valence-electron chi connectivity index (χ3n) is 6.98. The minimum absolute atomic E-state index is 0.180. The second-order valence-corrected chi connectivity index (χ2v) is 10.3. The van der Waals surface area contributed by atoms with Gasteiger partial charge in [-0.3, -0.25) is 24.1 Å². The van der Waals surface area contributed by atoms with Crippen LogP contribution < -0.4 is 15.1 Å². The van der Waals surface area contributed by atoms with E-state index in [-0.39, 0.29) is 30.5 Å². The summed E-state index contributed by atoms with van der Waals surface area (Å²) in [5.41, 5.74) is 4.17. The minimum Gasteiger partial charge on any atom is -0.378 e. The van der Waals surface area contributed by atoms with E-state index in [1.54, 1.807) is 24.3 Å². The number of carbonyl (C=O) groups excluding carboxylic acids is 4. The fourth-order valence-electron chi connectivity index (χ4n) is 4.81. The highest BCUT2D eigenvalue weighted by molar-refractivity contribution is 6.52. The van der Waals surface area contributed by atoms with Gasteiger partial charge in [0.15, 0.2) is 0 Å². The van der Waals surface area contributed by atoms with Gasteiger partial charge in [-0.05, 0) is 60.4 Å². The molecular formula is C31H34N4O4. The summed E-state index contributed by atoms with van der Waals surface area (Å²) in [5, 5.41) is 2.96. The standard InChI is InChI=1S/C31H34N4O4/c1-20(2)28(30(38)32-23-14-16-24(17-15-23)33(4)5)35(18-22-11-7-6-10-21(22)3)27(36)19-34-26-13-9-8-12-25(26)29(37)31(34)39/h6-17,20,28H,18-19H2,1-5H3,(H,32,38)/t28-/m0/s1. The Labute approximate surface area is 229 Å². The lowest BCUT2D eigenvalue weighted by molar-refractivity contribution is -0.140. The van der Waals surface area contributed by atoms with Crippen molar-refractivity contribution in [3.63, 3.8) is 0 Å². The molecule has 3 aromatic rings. The van der Waals surface area contributed by atoms with E-state index in [4.69, 9.17) is 0 Å². The Balaban J connectivity index is 1.65. The smallest absolute Gasteiger partial charge is 0.299 e. The summed E-state index contributed by atoms with van der Waals surface area (Å²) in [4.78, 5) is 57.7. The van der Waals surface area contributed by atoms with Gasteiger partial charge in [0, 0.05) is 32.0 Å². The summed E-state index contributed by atoms with van der Waals surface area (Å²) in [6.07, 6.45) is 0. The number of Topliss-reactive ketones (excluding diaryl/α,β-unsaturated/α-hetero) is 1. The van der Waals surface area contributed by atoms with E-state index in [9.17, 15) is 19.2 Å². The zero-order valence-corrected chi connectivity index (χ0v) is 23.0. The van der Waals surface area contributed by atoms with Crippen LogP contribution in [0.5, 0.6) is 0 Å². The van der Waals surface area contributed by atoms with Gasteiger partial charge in [-0.15, -0.1) is 0 Å². The average Bonchev–Trinajstić information content (AvgIpc) is 3.14. The van der Waals surface area contributed by atoms with Crippen molar-refractivity contribution in [2.45, 2.75) is 33.4 Å². The fraction of sp³-hybridized carbons (Fsp3) is 0.290. The molecule has 0 spiro atoms. The highest BCUT2D eigenvalue weighted by atomic mass is 16.2. The van der Waals surface area contributed by atoms with Gasteiger partial charge < -0.3 is 15.1 Å². The van der Waals surface area contributed by atoms with E-state index in [0.29, 0.717) is 11.4 Å². The van der Waals surface area contributed by atoms with Crippen molar-refractivity contribution in [3.05, 3.63) is 89.5 Å². The van der Waals surface area contributed by atoms with Gasteiger partial charge >= 0.3 is 0 Å². The molecular weight excluding hydrogens is 492 g/mol. The molecule has 1 atom stereocenters. The number of hydrogen-bond acceptors (Lipinski definition) is 5. The number of rotatable bonds is 9. The molecule has 0 unspecified atom stereocenters. The highest BCUT2D eigenvalue weighted by Crippen LogP contribution is 2.29. The van der Waals surface area contributed by atoms with Gasteiger partial charge in [0.05, 0.1) is 11.3 Å². The molecule has 202 valence electrons. The number of nitrogens with zero attached hydrogens (tertiary/aromatic N) is 3. The monoisotopic (exact) mass is 526 g/mol. The largest absolute Gasteiger partial charge is 0.378 e. The van der Waals surface area contributed by atoms with Gasteiger partial charge in [0.2, 0.25) is 11.8 Å². The van der Waals surface area contributed by atoms with Crippen LogP contribution in [0, 0.1) is 12.8 Å². The van der Waals surface area contributed by atoms with Crippen molar-refractivity contribution in [1.82, 2.24) is 4.90 Å². The van der Waals surface area contributed by atoms with Crippen molar-refractivity contribution in [1.29, 1.82) is 0 Å². The van der Waals surface area contributed by atoms with Crippen molar-refractivity contribution in [3.8, 4) is 0 Å². The molecule has 0 aromatic heterocycles. The number of anilines is 3. The molecule has 3 aromatic carbocycles. The van der Waals surface area contributed by atoms with Crippen LogP contribution in [-0.2, 0) is 20.9 Å². The lowest BCUT2D eigenvalue weighted by Crippen LogP contribution is -2.53. The molecule has 1 aliphatic heterocycles. The maximum absolute atomic E-state index is 13.9. The molecule has 8 nitrogen and oxygen atoms in total. The zero-order valence-electron chi connectivity index (χ0n) is 23.0. The maximum Gasteiger partial charge on any atom is 0.299 e. The second kappa shape index (κ2) is 11.5. The average molecular weight is 527 g/mol. The van der Waals surface area contributed by atoms with Crippen LogP contribution in [0.1, 0.15) is 35.3 Å². The molecule has 8 heteroatoms. The van der Waals surface area contributed by atoms with Gasteiger partial charge in [-0.1, -0.05) is 50.2 Å². The van der Waals surface area contributed by atoms with Crippen LogP contribution in [0.25, 0.3) is 0 Å². The van der Waals surface area contributed by atoms with Crippen LogP contribution in [0.3, 0.4) is 0 Å². The summed E-state index contributed by atoms with van der Waals surface area (Å²) in [7, 11) is 3.88. The van der Waals surface area contributed by atoms with Crippen LogP contribution in [0.2, 0.25) is 0 Å². The lowest BCUT2D eigenvalue weighted by Gasteiger charge is -2.35. The normalized spacial score (nSPS) is 13.3. The summed E-state index contributed by atoms with van der Waals surface area (Å²) in [5.74, 6) is -2.36. The van der Waals surface area contributed by atoms with E-state index >= 15 is 0 Å². The first-order chi connectivity index (χ1) is 18.6. The first kappa shape index (κ1) is 27.6. The highest BCUT2D eigenvalue weighted by Gasteiger charge is 2.39. The fourth-order valence-corrected chi connectivity index (χ4v) is 4.81. The van der Waals surface area contributed by atoms with E-state index in [0.717, 1.165) is 16.8 Å². The van der Waals surface area contributed by atoms with E-state index in [1.165, 1.54) is 9.80 Å². The molecule has 4 rings (SSSR count).